The molecule has 9 heteroatoms. The summed E-state index contributed by atoms with van der Waals surface area (Å²) >= 11 is 0. The molecule has 0 aromatic heterocycles. The molecule has 0 atom stereocenters. The number of hydrogen-bond acceptors (Lipinski definition) is 6. The number of carbonyl (C=O) groups is 1. The van der Waals surface area contributed by atoms with Crippen molar-refractivity contribution in [3.8, 4) is 11.5 Å². The Bertz CT molecular complexity index is 1170. The highest BCUT2D eigenvalue weighted by Gasteiger charge is 2.17. The van der Waals surface area contributed by atoms with Gasteiger partial charge in [-0.2, -0.15) is 0 Å². The van der Waals surface area contributed by atoms with Gasteiger partial charge in [0.2, 0.25) is 5.91 Å². The van der Waals surface area contributed by atoms with Gasteiger partial charge in [0.25, 0.3) is 10.0 Å². The molecule has 0 radical (unpaired) electrons. The number of nitrogens with zero attached hydrogens (tertiary/aromatic N) is 1. The van der Waals surface area contributed by atoms with Crippen LogP contribution < -0.4 is 19.5 Å². The molecule has 1 aliphatic heterocycles. The molecule has 2 N–H and O–H groups in total. The van der Waals surface area contributed by atoms with E-state index in [0.717, 1.165) is 24.8 Å². The zero-order valence-electron chi connectivity index (χ0n) is 19.1. The van der Waals surface area contributed by atoms with Gasteiger partial charge >= 0.3 is 0 Å². The van der Waals surface area contributed by atoms with Crippen molar-refractivity contribution in [3.05, 3.63) is 66.8 Å². The highest BCUT2D eigenvalue weighted by Crippen LogP contribution is 2.28. The number of sulfonamides is 1. The highest BCUT2D eigenvalue weighted by atomic mass is 32.2. The van der Waals surface area contributed by atoms with Crippen LogP contribution in [0.2, 0.25) is 0 Å². The second-order valence-corrected chi connectivity index (χ2v) is 9.28. The SMILES string of the molecule is C=CCOc1ccc(/C=C/C(=O)Nc2ccc(S(=O)(=O)NC3=NCCCCC3)cc2)cc1OC. The predicted octanol–water partition coefficient (Wildman–Crippen LogP) is 4.16. The van der Waals surface area contributed by atoms with E-state index < -0.39 is 10.0 Å². The molecule has 0 bridgehead atoms. The fourth-order valence-corrected chi connectivity index (χ4v) is 4.39. The topological polar surface area (TPSA) is 106 Å². The lowest BCUT2D eigenvalue weighted by Crippen LogP contribution is -2.30. The third-order valence-electron chi connectivity index (χ3n) is 5.03. The first-order valence-electron chi connectivity index (χ1n) is 11.0. The van der Waals surface area contributed by atoms with E-state index >= 15 is 0 Å². The standard InChI is InChI=1S/C25H29N3O5S/c1-3-17-33-22-14-8-19(18-23(22)32-2)9-15-25(29)27-20-10-12-21(13-11-20)34(30,31)28-24-7-5-4-6-16-26-24/h3,8-15,18H,1,4-7,16-17H2,2H3,(H,26,28)(H,27,29)/b15-9+. The molecule has 3 rings (SSSR count). The van der Waals surface area contributed by atoms with Crippen LogP contribution >= 0.6 is 0 Å². The number of anilines is 1. The number of carbonyl (C=O) groups excluding carboxylic acids is 1. The summed E-state index contributed by atoms with van der Waals surface area (Å²) in [5.41, 5.74) is 1.23. The first-order valence-corrected chi connectivity index (χ1v) is 12.5. The van der Waals surface area contributed by atoms with Gasteiger partial charge in [-0.25, -0.2) is 8.42 Å². The van der Waals surface area contributed by atoms with Crippen LogP contribution in [0.4, 0.5) is 5.69 Å². The Morgan fingerprint density at radius 2 is 1.91 bits per heavy atom. The Balaban J connectivity index is 1.60. The van der Waals surface area contributed by atoms with Crippen LogP contribution in [-0.2, 0) is 14.8 Å². The largest absolute Gasteiger partial charge is 0.493 e. The van der Waals surface area contributed by atoms with E-state index in [-0.39, 0.29) is 10.8 Å². The van der Waals surface area contributed by atoms with Gasteiger partial charge in [-0.1, -0.05) is 25.1 Å². The summed E-state index contributed by atoms with van der Waals surface area (Å²) < 4.78 is 38.7. The monoisotopic (exact) mass is 483 g/mol. The second kappa shape index (κ2) is 12.0. The van der Waals surface area contributed by atoms with Gasteiger partial charge in [-0.3, -0.25) is 14.5 Å². The fraction of sp³-hybridized carbons (Fsp3) is 0.280. The number of ether oxygens (including phenoxy) is 2. The van der Waals surface area contributed by atoms with E-state index in [9.17, 15) is 13.2 Å². The van der Waals surface area contributed by atoms with Gasteiger partial charge < -0.3 is 14.8 Å². The molecule has 1 aliphatic rings. The molecule has 0 unspecified atom stereocenters. The van der Waals surface area contributed by atoms with Gasteiger partial charge in [0.05, 0.1) is 12.0 Å². The maximum absolute atomic E-state index is 12.6. The number of amidine groups is 1. The number of methoxy groups -OCH3 is 1. The first-order chi connectivity index (χ1) is 16.4. The Morgan fingerprint density at radius 1 is 1.12 bits per heavy atom. The average Bonchev–Trinajstić information content (AvgIpc) is 3.10. The number of aliphatic imine (C=N–C) groups is 1. The molecule has 0 saturated carbocycles. The van der Waals surface area contributed by atoms with Crippen LogP contribution in [0.5, 0.6) is 11.5 Å². The lowest BCUT2D eigenvalue weighted by molar-refractivity contribution is -0.111. The maximum atomic E-state index is 12.6. The van der Waals surface area contributed by atoms with Gasteiger partial charge in [-0.05, 0) is 60.9 Å². The lowest BCUT2D eigenvalue weighted by atomic mass is 10.2. The van der Waals surface area contributed by atoms with E-state index in [1.807, 2.05) is 0 Å². The minimum Gasteiger partial charge on any atom is -0.493 e. The van der Waals surface area contributed by atoms with Crippen LogP contribution in [0.1, 0.15) is 31.2 Å². The number of benzene rings is 2. The van der Waals surface area contributed by atoms with Gasteiger partial charge in [0.1, 0.15) is 12.4 Å². The van der Waals surface area contributed by atoms with Crippen molar-refractivity contribution < 1.29 is 22.7 Å². The summed E-state index contributed by atoms with van der Waals surface area (Å²) in [5.74, 6) is 1.27. The van der Waals surface area contributed by atoms with E-state index in [2.05, 4.69) is 21.6 Å². The van der Waals surface area contributed by atoms with Crippen LogP contribution in [0.15, 0.2) is 71.1 Å². The molecule has 0 saturated heterocycles. The number of nitrogens with one attached hydrogen (secondary N) is 2. The van der Waals surface area contributed by atoms with E-state index in [0.29, 0.717) is 42.6 Å². The molecular weight excluding hydrogens is 454 g/mol. The Labute approximate surface area is 200 Å². The fourth-order valence-electron chi connectivity index (χ4n) is 3.30. The normalized spacial score (nSPS) is 14.1. The van der Waals surface area contributed by atoms with Gasteiger partial charge in [0.15, 0.2) is 11.5 Å². The zero-order valence-corrected chi connectivity index (χ0v) is 19.9. The zero-order chi connectivity index (χ0) is 24.4. The Morgan fingerprint density at radius 3 is 2.65 bits per heavy atom. The van der Waals surface area contributed by atoms with Crippen molar-refractivity contribution in [1.29, 1.82) is 0 Å². The average molecular weight is 484 g/mol. The molecule has 0 spiro atoms. The molecule has 2 aromatic rings. The Hall–Kier alpha value is -3.59. The quantitative estimate of drug-likeness (QED) is 0.411. The van der Waals surface area contributed by atoms with Crippen molar-refractivity contribution in [2.45, 2.75) is 30.6 Å². The summed E-state index contributed by atoms with van der Waals surface area (Å²) in [7, 11) is -2.18. The second-order valence-electron chi connectivity index (χ2n) is 7.60. The molecule has 0 aliphatic carbocycles. The third kappa shape index (κ3) is 7.21. The maximum Gasteiger partial charge on any atom is 0.262 e. The molecule has 34 heavy (non-hydrogen) atoms. The minimum absolute atomic E-state index is 0.110. The van der Waals surface area contributed by atoms with Crippen molar-refractivity contribution in [3.63, 3.8) is 0 Å². The summed E-state index contributed by atoms with van der Waals surface area (Å²) in [5, 5.41) is 2.72. The van der Waals surface area contributed by atoms with Crippen LogP contribution in [-0.4, -0.2) is 40.4 Å². The number of rotatable bonds is 9. The lowest BCUT2D eigenvalue weighted by Gasteiger charge is -2.10. The smallest absolute Gasteiger partial charge is 0.262 e. The van der Waals surface area contributed by atoms with E-state index in [1.54, 1.807) is 49.6 Å². The third-order valence-corrected chi connectivity index (χ3v) is 6.43. The first kappa shape index (κ1) is 25.0. The van der Waals surface area contributed by atoms with Crippen molar-refractivity contribution in [2.24, 2.45) is 4.99 Å². The molecule has 2 aromatic carbocycles. The van der Waals surface area contributed by atoms with E-state index in [4.69, 9.17) is 9.47 Å². The molecular formula is C25H29N3O5S. The van der Waals surface area contributed by atoms with Gasteiger partial charge in [0, 0.05) is 24.7 Å². The molecule has 8 nitrogen and oxygen atoms in total. The number of hydrogen-bond donors (Lipinski definition) is 2. The van der Waals surface area contributed by atoms with Crippen molar-refractivity contribution in [2.75, 3.05) is 25.6 Å². The van der Waals surface area contributed by atoms with Crippen LogP contribution in [0.3, 0.4) is 0 Å². The van der Waals surface area contributed by atoms with Crippen LogP contribution in [0, 0.1) is 0 Å². The summed E-state index contributed by atoms with van der Waals surface area (Å²) in [6.45, 7) is 4.61. The summed E-state index contributed by atoms with van der Waals surface area (Å²) in [4.78, 5) is 16.7. The molecule has 1 amide bonds. The highest BCUT2D eigenvalue weighted by molar-refractivity contribution is 7.90. The van der Waals surface area contributed by atoms with Crippen molar-refractivity contribution >= 4 is 33.5 Å². The number of amides is 1. The van der Waals surface area contributed by atoms with Crippen molar-refractivity contribution in [1.82, 2.24) is 4.72 Å². The molecule has 180 valence electrons. The summed E-state index contributed by atoms with van der Waals surface area (Å²) in [6.07, 6.45) is 8.22. The van der Waals surface area contributed by atoms with E-state index in [1.165, 1.54) is 18.2 Å². The Kier molecular flexibility index (Phi) is 8.86. The predicted molar refractivity (Wildman–Crippen MR) is 134 cm³/mol. The molecule has 1 heterocycles. The summed E-state index contributed by atoms with van der Waals surface area (Å²) in [6, 6.07) is 11.3. The minimum atomic E-state index is -3.72. The van der Waals surface area contributed by atoms with Crippen LogP contribution in [0.25, 0.3) is 6.08 Å². The molecule has 0 fully saturated rings. The van der Waals surface area contributed by atoms with Gasteiger partial charge in [-0.15, -0.1) is 0 Å².